The Labute approximate surface area is 92.9 Å². The van der Waals surface area contributed by atoms with Crippen molar-refractivity contribution in [1.29, 1.82) is 0 Å². The Kier molecular flexibility index (Phi) is 2.72. The number of hydrogen-bond donors (Lipinski definition) is 2. The van der Waals surface area contributed by atoms with Crippen LogP contribution in [-0.4, -0.2) is 22.6 Å². The summed E-state index contributed by atoms with van der Waals surface area (Å²) in [7, 11) is 0. The molecule has 0 aliphatic rings. The Morgan fingerprint density at radius 1 is 1.38 bits per heavy atom. The van der Waals surface area contributed by atoms with Crippen molar-refractivity contribution in [3.05, 3.63) is 36.0 Å². The van der Waals surface area contributed by atoms with Gasteiger partial charge in [0, 0.05) is 23.5 Å². The second-order valence-corrected chi connectivity index (χ2v) is 3.40. The van der Waals surface area contributed by atoms with Crippen molar-refractivity contribution in [3.63, 3.8) is 0 Å². The molecule has 82 valence electrons. The van der Waals surface area contributed by atoms with Crippen LogP contribution in [0.4, 0.5) is 5.82 Å². The SMILES string of the molecule is CCNc1ncc(C(=O)O)c2ccccc12. The molecule has 0 spiro atoms. The lowest BCUT2D eigenvalue weighted by Crippen LogP contribution is -2.04. The van der Waals surface area contributed by atoms with Gasteiger partial charge in [0.2, 0.25) is 0 Å². The fourth-order valence-electron chi connectivity index (χ4n) is 1.67. The zero-order valence-corrected chi connectivity index (χ0v) is 8.90. The van der Waals surface area contributed by atoms with Crippen molar-refractivity contribution in [2.45, 2.75) is 6.92 Å². The van der Waals surface area contributed by atoms with E-state index in [4.69, 9.17) is 5.11 Å². The summed E-state index contributed by atoms with van der Waals surface area (Å²) >= 11 is 0. The van der Waals surface area contributed by atoms with Gasteiger partial charge in [-0.1, -0.05) is 24.3 Å². The summed E-state index contributed by atoms with van der Waals surface area (Å²) in [6, 6.07) is 7.36. The van der Waals surface area contributed by atoms with Crippen molar-refractivity contribution in [1.82, 2.24) is 4.98 Å². The van der Waals surface area contributed by atoms with E-state index in [1.165, 1.54) is 6.20 Å². The van der Waals surface area contributed by atoms with E-state index in [0.29, 0.717) is 5.39 Å². The molecule has 4 nitrogen and oxygen atoms in total. The average Bonchev–Trinajstić information content (AvgIpc) is 2.29. The number of benzene rings is 1. The minimum atomic E-state index is -0.952. The molecule has 0 saturated heterocycles. The molecule has 0 amide bonds. The quantitative estimate of drug-likeness (QED) is 0.826. The Morgan fingerprint density at radius 3 is 2.69 bits per heavy atom. The van der Waals surface area contributed by atoms with E-state index < -0.39 is 5.97 Å². The van der Waals surface area contributed by atoms with Crippen LogP contribution in [0, 0.1) is 0 Å². The summed E-state index contributed by atoms with van der Waals surface area (Å²) < 4.78 is 0. The van der Waals surface area contributed by atoms with Crippen LogP contribution < -0.4 is 5.32 Å². The number of aromatic nitrogens is 1. The van der Waals surface area contributed by atoms with Gasteiger partial charge in [0.1, 0.15) is 5.82 Å². The normalized spacial score (nSPS) is 10.3. The predicted molar refractivity (Wildman–Crippen MR) is 62.9 cm³/mol. The molecule has 0 saturated carbocycles. The number of aromatic carboxylic acids is 1. The maximum absolute atomic E-state index is 11.0. The molecule has 2 N–H and O–H groups in total. The second kappa shape index (κ2) is 4.18. The molecular weight excluding hydrogens is 204 g/mol. The van der Waals surface area contributed by atoms with Crippen LogP contribution >= 0.6 is 0 Å². The van der Waals surface area contributed by atoms with Crippen molar-refractivity contribution in [2.75, 3.05) is 11.9 Å². The van der Waals surface area contributed by atoms with Gasteiger partial charge in [-0.05, 0) is 6.92 Å². The minimum absolute atomic E-state index is 0.234. The zero-order valence-electron chi connectivity index (χ0n) is 8.90. The number of nitrogens with zero attached hydrogens (tertiary/aromatic N) is 1. The van der Waals surface area contributed by atoms with Crippen LogP contribution in [0.3, 0.4) is 0 Å². The second-order valence-electron chi connectivity index (χ2n) is 3.40. The number of carboxylic acids is 1. The molecule has 0 bridgehead atoms. The lowest BCUT2D eigenvalue weighted by molar-refractivity contribution is 0.0698. The van der Waals surface area contributed by atoms with Gasteiger partial charge < -0.3 is 10.4 Å². The van der Waals surface area contributed by atoms with Crippen LogP contribution in [0.25, 0.3) is 10.8 Å². The molecule has 0 fully saturated rings. The molecule has 1 heterocycles. The van der Waals surface area contributed by atoms with Gasteiger partial charge in [0.05, 0.1) is 5.56 Å². The topological polar surface area (TPSA) is 62.2 Å². The molecule has 2 aromatic rings. The Morgan fingerprint density at radius 2 is 2.06 bits per heavy atom. The highest BCUT2D eigenvalue weighted by molar-refractivity contribution is 6.06. The first-order valence-corrected chi connectivity index (χ1v) is 5.09. The minimum Gasteiger partial charge on any atom is -0.478 e. The summed E-state index contributed by atoms with van der Waals surface area (Å²) in [5.74, 6) is -0.227. The fourth-order valence-corrected chi connectivity index (χ4v) is 1.67. The summed E-state index contributed by atoms with van der Waals surface area (Å²) in [6.07, 6.45) is 1.39. The molecule has 0 aliphatic heterocycles. The molecule has 2 rings (SSSR count). The number of pyridine rings is 1. The fraction of sp³-hybridized carbons (Fsp3) is 0.167. The van der Waals surface area contributed by atoms with Gasteiger partial charge in [0.15, 0.2) is 0 Å². The number of nitrogens with one attached hydrogen (secondary N) is 1. The van der Waals surface area contributed by atoms with Gasteiger partial charge >= 0.3 is 5.97 Å². The van der Waals surface area contributed by atoms with Crippen molar-refractivity contribution in [2.24, 2.45) is 0 Å². The van der Waals surface area contributed by atoms with Gasteiger partial charge in [-0.15, -0.1) is 0 Å². The molecule has 1 aromatic carbocycles. The highest BCUT2D eigenvalue weighted by Crippen LogP contribution is 2.24. The molecule has 16 heavy (non-hydrogen) atoms. The van der Waals surface area contributed by atoms with E-state index in [1.54, 1.807) is 6.07 Å². The largest absolute Gasteiger partial charge is 0.478 e. The number of anilines is 1. The monoisotopic (exact) mass is 216 g/mol. The molecule has 0 aliphatic carbocycles. The van der Waals surface area contributed by atoms with Gasteiger partial charge in [-0.25, -0.2) is 9.78 Å². The first-order valence-electron chi connectivity index (χ1n) is 5.09. The first kappa shape index (κ1) is 10.4. The van der Waals surface area contributed by atoms with E-state index in [0.717, 1.165) is 17.7 Å². The van der Waals surface area contributed by atoms with E-state index in [2.05, 4.69) is 10.3 Å². The standard InChI is InChI=1S/C12H12N2O2/c1-2-13-11-9-6-4-3-5-8(9)10(7-14-11)12(15)16/h3-7H,2H2,1H3,(H,13,14)(H,15,16). The van der Waals surface area contributed by atoms with Crippen LogP contribution in [-0.2, 0) is 0 Å². The highest BCUT2D eigenvalue weighted by Gasteiger charge is 2.11. The summed E-state index contributed by atoms with van der Waals surface area (Å²) in [6.45, 7) is 2.73. The Hall–Kier alpha value is -2.10. The Balaban J connectivity index is 2.71. The lowest BCUT2D eigenvalue weighted by Gasteiger charge is -2.08. The first-order chi connectivity index (χ1) is 7.74. The third-order valence-corrected chi connectivity index (χ3v) is 2.37. The van der Waals surface area contributed by atoms with E-state index in [1.807, 2.05) is 25.1 Å². The van der Waals surface area contributed by atoms with Crippen molar-refractivity contribution < 1.29 is 9.90 Å². The zero-order chi connectivity index (χ0) is 11.5. The average molecular weight is 216 g/mol. The van der Waals surface area contributed by atoms with Crippen LogP contribution in [0.15, 0.2) is 30.5 Å². The van der Waals surface area contributed by atoms with Crippen LogP contribution in [0.5, 0.6) is 0 Å². The van der Waals surface area contributed by atoms with Gasteiger partial charge in [0.25, 0.3) is 0 Å². The molecule has 4 heteroatoms. The molecule has 0 unspecified atom stereocenters. The number of fused-ring (bicyclic) bond motifs is 1. The number of carboxylic acid groups (broad SMARTS) is 1. The molecule has 0 radical (unpaired) electrons. The summed E-state index contributed by atoms with van der Waals surface area (Å²) in [4.78, 5) is 15.1. The maximum Gasteiger partial charge on any atom is 0.337 e. The highest BCUT2D eigenvalue weighted by atomic mass is 16.4. The summed E-state index contributed by atoms with van der Waals surface area (Å²) in [5, 5.41) is 13.7. The predicted octanol–water partition coefficient (Wildman–Crippen LogP) is 2.36. The third kappa shape index (κ3) is 1.69. The summed E-state index contributed by atoms with van der Waals surface area (Å²) in [5.41, 5.74) is 0.234. The van der Waals surface area contributed by atoms with E-state index in [-0.39, 0.29) is 5.56 Å². The number of rotatable bonds is 3. The number of hydrogen-bond acceptors (Lipinski definition) is 3. The number of carbonyl (C=O) groups is 1. The smallest absolute Gasteiger partial charge is 0.337 e. The molecule has 1 aromatic heterocycles. The van der Waals surface area contributed by atoms with E-state index in [9.17, 15) is 4.79 Å². The molecular formula is C12H12N2O2. The van der Waals surface area contributed by atoms with Gasteiger partial charge in [-0.3, -0.25) is 0 Å². The third-order valence-electron chi connectivity index (χ3n) is 2.37. The van der Waals surface area contributed by atoms with Gasteiger partial charge in [-0.2, -0.15) is 0 Å². The van der Waals surface area contributed by atoms with Crippen LogP contribution in [0.2, 0.25) is 0 Å². The van der Waals surface area contributed by atoms with Crippen molar-refractivity contribution >= 4 is 22.6 Å². The van der Waals surface area contributed by atoms with E-state index >= 15 is 0 Å². The maximum atomic E-state index is 11.0. The molecule has 0 atom stereocenters. The van der Waals surface area contributed by atoms with Crippen LogP contribution in [0.1, 0.15) is 17.3 Å². The lowest BCUT2D eigenvalue weighted by atomic mass is 10.1. The van der Waals surface area contributed by atoms with Crippen molar-refractivity contribution in [3.8, 4) is 0 Å². The Bertz CT molecular complexity index is 538.